The Morgan fingerprint density at radius 1 is 1.11 bits per heavy atom. The first-order chi connectivity index (χ1) is 8.75. The van der Waals surface area contributed by atoms with Gasteiger partial charge in [-0.25, -0.2) is 0 Å². The molecule has 1 aliphatic rings. The quantitative estimate of drug-likeness (QED) is 0.766. The zero-order valence-electron chi connectivity index (χ0n) is 10.8. The summed E-state index contributed by atoms with van der Waals surface area (Å²) in [7, 11) is 0. The fourth-order valence-electron chi connectivity index (χ4n) is 2.77. The molecule has 1 saturated carbocycles. The van der Waals surface area contributed by atoms with Crippen molar-refractivity contribution in [3.05, 3.63) is 34.9 Å². The van der Waals surface area contributed by atoms with Crippen molar-refractivity contribution >= 4 is 17.4 Å². The van der Waals surface area contributed by atoms with Gasteiger partial charge in [0.05, 0.1) is 0 Å². The Hall–Kier alpha value is -0.820. The largest absolute Gasteiger partial charge is 0.299 e. The number of carbonyl (C=O) groups is 1. The third kappa shape index (κ3) is 4.13. The van der Waals surface area contributed by atoms with E-state index in [0.29, 0.717) is 12.2 Å². The molecule has 0 bridgehead atoms. The van der Waals surface area contributed by atoms with Crippen molar-refractivity contribution in [2.45, 2.75) is 51.4 Å². The Morgan fingerprint density at radius 3 is 2.44 bits per heavy atom. The van der Waals surface area contributed by atoms with E-state index in [1.54, 1.807) is 0 Å². The molecular weight excluding hydrogens is 244 g/mol. The van der Waals surface area contributed by atoms with Crippen LogP contribution in [0.15, 0.2) is 24.3 Å². The van der Waals surface area contributed by atoms with Gasteiger partial charge < -0.3 is 0 Å². The summed E-state index contributed by atoms with van der Waals surface area (Å²) in [6, 6.07) is 7.67. The Labute approximate surface area is 115 Å². The molecule has 0 spiro atoms. The van der Waals surface area contributed by atoms with Crippen molar-refractivity contribution in [3.63, 3.8) is 0 Å². The van der Waals surface area contributed by atoms with Crippen LogP contribution in [0.2, 0.25) is 5.02 Å². The van der Waals surface area contributed by atoms with E-state index in [1.807, 2.05) is 24.3 Å². The maximum atomic E-state index is 12.3. The van der Waals surface area contributed by atoms with Crippen LogP contribution in [0.4, 0.5) is 0 Å². The Bertz CT molecular complexity index is 392. The van der Waals surface area contributed by atoms with E-state index in [4.69, 9.17) is 11.6 Å². The second-order valence-electron chi connectivity index (χ2n) is 5.32. The molecule has 0 N–H and O–H groups in total. The number of carbonyl (C=O) groups excluding carboxylic acids is 1. The summed E-state index contributed by atoms with van der Waals surface area (Å²) < 4.78 is 0. The number of hydrogen-bond acceptors (Lipinski definition) is 1. The summed E-state index contributed by atoms with van der Waals surface area (Å²) in [4.78, 5) is 12.3. The average Bonchev–Trinajstić information content (AvgIpc) is 2.28. The first-order valence-electron chi connectivity index (χ1n) is 7.03. The van der Waals surface area contributed by atoms with Gasteiger partial charge in [0.1, 0.15) is 5.78 Å². The maximum absolute atomic E-state index is 12.3. The van der Waals surface area contributed by atoms with Crippen LogP contribution < -0.4 is 0 Å². The van der Waals surface area contributed by atoms with Gasteiger partial charge in [-0.2, -0.15) is 0 Å². The number of ketones is 1. The van der Waals surface area contributed by atoms with Gasteiger partial charge in [-0.05, 0) is 30.5 Å². The third-order valence-electron chi connectivity index (χ3n) is 3.83. The molecule has 0 amide bonds. The molecule has 18 heavy (non-hydrogen) atoms. The van der Waals surface area contributed by atoms with Crippen LogP contribution in [0.1, 0.15) is 50.5 Å². The van der Waals surface area contributed by atoms with Crippen molar-refractivity contribution in [2.24, 2.45) is 5.92 Å². The lowest BCUT2D eigenvalue weighted by Crippen LogP contribution is -2.18. The topological polar surface area (TPSA) is 17.1 Å². The van der Waals surface area contributed by atoms with Gasteiger partial charge >= 0.3 is 0 Å². The van der Waals surface area contributed by atoms with E-state index in [0.717, 1.165) is 23.4 Å². The monoisotopic (exact) mass is 264 g/mol. The van der Waals surface area contributed by atoms with Crippen LogP contribution in [0, 0.1) is 5.92 Å². The normalized spacial score (nSPS) is 18.1. The molecule has 0 atom stereocenters. The summed E-state index contributed by atoms with van der Waals surface area (Å²) in [5.41, 5.74) is 1.05. The molecule has 0 aromatic heterocycles. The van der Waals surface area contributed by atoms with Crippen molar-refractivity contribution in [3.8, 4) is 0 Å². The molecule has 0 aliphatic heterocycles. The van der Waals surface area contributed by atoms with E-state index in [1.165, 1.54) is 32.1 Å². The van der Waals surface area contributed by atoms with E-state index in [9.17, 15) is 4.79 Å². The summed E-state index contributed by atoms with van der Waals surface area (Å²) >= 11 is 5.95. The summed E-state index contributed by atoms with van der Waals surface area (Å²) in [6.07, 6.45) is 9.07. The fraction of sp³-hybridized carbons (Fsp3) is 0.562. The first kappa shape index (κ1) is 13.6. The van der Waals surface area contributed by atoms with Crippen LogP contribution in [-0.4, -0.2) is 5.78 Å². The van der Waals surface area contributed by atoms with Crippen LogP contribution in [0.3, 0.4) is 0 Å². The first-order valence-corrected chi connectivity index (χ1v) is 7.40. The molecule has 0 heterocycles. The Balaban J connectivity index is 1.93. The van der Waals surface area contributed by atoms with Gasteiger partial charge in [-0.15, -0.1) is 0 Å². The van der Waals surface area contributed by atoms with E-state index >= 15 is 0 Å². The molecule has 98 valence electrons. The van der Waals surface area contributed by atoms with E-state index in [2.05, 4.69) is 0 Å². The number of hydrogen-bond donors (Lipinski definition) is 0. The van der Waals surface area contributed by atoms with Gasteiger partial charge in [0.15, 0.2) is 0 Å². The number of benzene rings is 1. The lowest BCUT2D eigenvalue weighted by atomic mass is 9.86. The second kappa shape index (κ2) is 6.94. The van der Waals surface area contributed by atoms with Crippen molar-refractivity contribution in [2.75, 3.05) is 0 Å². The lowest BCUT2D eigenvalue weighted by Gasteiger charge is -2.18. The van der Waals surface area contributed by atoms with Gasteiger partial charge in [-0.3, -0.25) is 4.79 Å². The van der Waals surface area contributed by atoms with Crippen molar-refractivity contribution in [1.29, 1.82) is 0 Å². The molecule has 0 saturated heterocycles. The zero-order chi connectivity index (χ0) is 12.8. The van der Waals surface area contributed by atoms with Gasteiger partial charge in [0.25, 0.3) is 0 Å². The molecule has 0 unspecified atom stereocenters. The highest BCUT2D eigenvalue weighted by Gasteiger charge is 2.19. The lowest BCUT2D eigenvalue weighted by molar-refractivity contribution is -0.122. The number of Topliss-reactive ketones (excluding diaryl/α,β-unsaturated/α-hetero) is 1. The highest BCUT2D eigenvalue weighted by Crippen LogP contribution is 2.24. The highest BCUT2D eigenvalue weighted by atomic mass is 35.5. The summed E-state index contributed by atoms with van der Waals surface area (Å²) in [6.45, 7) is 0. The Kier molecular flexibility index (Phi) is 5.25. The number of halogens is 1. The molecular formula is C16H21ClO. The van der Waals surface area contributed by atoms with E-state index < -0.39 is 0 Å². The SMILES string of the molecule is O=C(Cc1cccc(Cl)c1)C1CCCCCCC1. The average molecular weight is 265 g/mol. The molecule has 1 aromatic rings. The smallest absolute Gasteiger partial charge is 0.140 e. The summed E-state index contributed by atoms with van der Waals surface area (Å²) in [5.74, 6) is 0.684. The van der Waals surface area contributed by atoms with Crippen LogP contribution in [0.5, 0.6) is 0 Å². The van der Waals surface area contributed by atoms with E-state index in [-0.39, 0.29) is 5.92 Å². The molecule has 2 rings (SSSR count). The molecule has 0 radical (unpaired) electrons. The van der Waals surface area contributed by atoms with Crippen molar-refractivity contribution < 1.29 is 4.79 Å². The predicted molar refractivity (Wildman–Crippen MR) is 76.0 cm³/mol. The third-order valence-corrected chi connectivity index (χ3v) is 4.06. The maximum Gasteiger partial charge on any atom is 0.140 e. The van der Waals surface area contributed by atoms with Gasteiger partial charge in [0, 0.05) is 17.4 Å². The minimum absolute atomic E-state index is 0.282. The predicted octanol–water partition coefficient (Wildman–Crippen LogP) is 4.81. The Morgan fingerprint density at radius 2 is 1.78 bits per heavy atom. The van der Waals surface area contributed by atoms with Crippen molar-refractivity contribution in [1.82, 2.24) is 0 Å². The molecule has 2 heteroatoms. The highest BCUT2D eigenvalue weighted by molar-refractivity contribution is 6.30. The molecule has 1 aromatic carbocycles. The zero-order valence-corrected chi connectivity index (χ0v) is 11.6. The molecule has 1 fully saturated rings. The minimum atomic E-state index is 0.282. The number of rotatable bonds is 3. The van der Waals surface area contributed by atoms with Crippen LogP contribution in [-0.2, 0) is 11.2 Å². The van der Waals surface area contributed by atoms with Crippen LogP contribution >= 0.6 is 11.6 Å². The minimum Gasteiger partial charge on any atom is -0.299 e. The fourth-order valence-corrected chi connectivity index (χ4v) is 2.98. The standard InChI is InChI=1S/C16H21ClO/c17-15-10-6-7-13(11-15)12-16(18)14-8-4-2-1-3-5-9-14/h6-7,10-11,14H,1-5,8-9,12H2. The van der Waals surface area contributed by atoms with Gasteiger partial charge in [-0.1, -0.05) is 55.8 Å². The second-order valence-corrected chi connectivity index (χ2v) is 5.75. The molecule has 1 aliphatic carbocycles. The van der Waals surface area contributed by atoms with Crippen LogP contribution in [0.25, 0.3) is 0 Å². The van der Waals surface area contributed by atoms with Gasteiger partial charge in [0.2, 0.25) is 0 Å². The summed E-state index contributed by atoms with van der Waals surface area (Å²) in [5, 5.41) is 0.720. The molecule has 1 nitrogen and oxygen atoms in total.